The van der Waals surface area contributed by atoms with Crippen LogP contribution in [0.4, 0.5) is 0 Å². The standard InChI is InChI=1S/C11H17NO/c1-8-4-5-9(2)10(6-8)11(13)7-12-3/h4-6,11-13H,7H2,1-3H3. The Morgan fingerprint density at radius 3 is 2.69 bits per heavy atom. The van der Waals surface area contributed by atoms with Gasteiger partial charge in [0.15, 0.2) is 0 Å². The highest BCUT2D eigenvalue weighted by Gasteiger charge is 2.08. The molecule has 1 aromatic carbocycles. The molecule has 0 aromatic heterocycles. The van der Waals surface area contributed by atoms with Gasteiger partial charge >= 0.3 is 0 Å². The number of aryl methyl sites for hydroxylation is 2. The molecule has 1 unspecified atom stereocenters. The monoisotopic (exact) mass is 179 g/mol. The predicted molar refractivity (Wildman–Crippen MR) is 54.8 cm³/mol. The van der Waals surface area contributed by atoms with E-state index in [0.717, 1.165) is 11.1 Å². The number of aliphatic hydroxyl groups is 1. The number of hydrogen-bond donors (Lipinski definition) is 2. The average molecular weight is 179 g/mol. The van der Waals surface area contributed by atoms with Gasteiger partial charge in [0.25, 0.3) is 0 Å². The summed E-state index contributed by atoms with van der Waals surface area (Å²) in [4.78, 5) is 0. The van der Waals surface area contributed by atoms with E-state index in [1.807, 2.05) is 33.0 Å². The van der Waals surface area contributed by atoms with Gasteiger partial charge in [0.05, 0.1) is 6.10 Å². The van der Waals surface area contributed by atoms with Crippen LogP contribution in [0, 0.1) is 13.8 Å². The summed E-state index contributed by atoms with van der Waals surface area (Å²) in [6, 6.07) is 6.14. The van der Waals surface area contributed by atoms with Gasteiger partial charge in [-0.3, -0.25) is 0 Å². The van der Waals surface area contributed by atoms with E-state index in [0.29, 0.717) is 6.54 Å². The second-order valence-corrected chi connectivity index (χ2v) is 3.43. The lowest BCUT2D eigenvalue weighted by molar-refractivity contribution is 0.177. The van der Waals surface area contributed by atoms with Crippen LogP contribution < -0.4 is 5.32 Å². The van der Waals surface area contributed by atoms with Crippen LogP contribution in [-0.2, 0) is 0 Å². The molecule has 2 heteroatoms. The van der Waals surface area contributed by atoms with Crippen LogP contribution in [-0.4, -0.2) is 18.7 Å². The highest BCUT2D eigenvalue weighted by atomic mass is 16.3. The number of likely N-dealkylation sites (N-methyl/N-ethyl adjacent to an activating group) is 1. The van der Waals surface area contributed by atoms with Crippen molar-refractivity contribution in [1.82, 2.24) is 5.32 Å². The lowest BCUT2D eigenvalue weighted by Gasteiger charge is -2.13. The molecule has 0 saturated heterocycles. The largest absolute Gasteiger partial charge is 0.387 e. The van der Waals surface area contributed by atoms with E-state index in [2.05, 4.69) is 11.4 Å². The molecule has 0 radical (unpaired) electrons. The molecular weight excluding hydrogens is 162 g/mol. The van der Waals surface area contributed by atoms with Crippen molar-refractivity contribution in [1.29, 1.82) is 0 Å². The van der Waals surface area contributed by atoms with Crippen molar-refractivity contribution < 1.29 is 5.11 Å². The van der Waals surface area contributed by atoms with Crippen LogP contribution in [0.2, 0.25) is 0 Å². The zero-order valence-electron chi connectivity index (χ0n) is 8.46. The Hall–Kier alpha value is -0.860. The van der Waals surface area contributed by atoms with E-state index in [9.17, 15) is 5.11 Å². The first-order chi connectivity index (χ1) is 6.15. The zero-order chi connectivity index (χ0) is 9.84. The van der Waals surface area contributed by atoms with Gasteiger partial charge < -0.3 is 10.4 Å². The summed E-state index contributed by atoms with van der Waals surface area (Å²) in [7, 11) is 1.84. The van der Waals surface area contributed by atoms with Crippen molar-refractivity contribution in [3.63, 3.8) is 0 Å². The second-order valence-electron chi connectivity index (χ2n) is 3.43. The van der Waals surface area contributed by atoms with E-state index >= 15 is 0 Å². The third-order valence-electron chi connectivity index (χ3n) is 2.19. The molecule has 0 fully saturated rings. The lowest BCUT2D eigenvalue weighted by Crippen LogP contribution is -2.17. The Bertz CT molecular complexity index is 283. The fourth-order valence-electron chi connectivity index (χ4n) is 1.42. The Labute approximate surface area is 79.6 Å². The molecule has 0 aliphatic rings. The number of rotatable bonds is 3. The molecule has 2 N–H and O–H groups in total. The van der Waals surface area contributed by atoms with Crippen molar-refractivity contribution in [2.24, 2.45) is 0 Å². The van der Waals surface area contributed by atoms with E-state index in [1.54, 1.807) is 0 Å². The van der Waals surface area contributed by atoms with E-state index in [4.69, 9.17) is 0 Å². The minimum Gasteiger partial charge on any atom is -0.387 e. The maximum atomic E-state index is 9.76. The fraction of sp³-hybridized carbons (Fsp3) is 0.455. The van der Waals surface area contributed by atoms with Crippen LogP contribution in [0.5, 0.6) is 0 Å². The first-order valence-electron chi connectivity index (χ1n) is 4.55. The third-order valence-corrected chi connectivity index (χ3v) is 2.19. The maximum absolute atomic E-state index is 9.76. The van der Waals surface area contributed by atoms with E-state index in [1.165, 1.54) is 5.56 Å². The molecule has 0 bridgehead atoms. The first kappa shape index (κ1) is 10.2. The van der Waals surface area contributed by atoms with Gasteiger partial charge in [-0.2, -0.15) is 0 Å². The summed E-state index contributed by atoms with van der Waals surface area (Å²) >= 11 is 0. The number of nitrogens with one attached hydrogen (secondary N) is 1. The minimum absolute atomic E-state index is 0.398. The molecule has 13 heavy (non-hydrogen) atoms. The summed E-state index contributed by atoms with van der Waals surface area (Å²) < 4.78 is 0. The average Bonchev–Trinajstić information content (AvgIpc) is 2.09. The van der Waals surface area contributed by atoms with E-state index < -0.39 is 6.10 Å². The Balaban J connectivity index is 2.91. The molecule has 1 atom stereocenters. The Morgan fingerprint density at radius 2 is 2.08 bits per heavy atom. The number of hydrogen-bond acceptors (Lipinski definition) is 2. The van der Waals surface area contributed by atoms with Gasteiger partial charge in [-0.05, 0) is 32.0 Å². The molecule has 1 aromatic rings. The summed E-state index contributed by atoms with van der Waals surface area (Å²) in [5.74, 6) is 0. The van der Waals surface area contributed by atoms with Crippen molar-refractivity contribution in [3.8, 4) is 0 Å². The van der Waals surface area contributed by atoms with Gasteiger partial charge in [0.2, 0.25) is 0 Å². The van der Waals surface area contributed by atoms with Gasteiger partial charge in [-0.15, -0.1) is 0 Å². The highest BCUT2D eigenvalue weighted by molar-refractivity contribution is 5.32. The lowest BCUT2D eigenvalue weighted by atomic mass is 10.0. The molecular formula is C11H17NO. The number of benzene rings is 1. The molecule has 0 spiro atoms. The zero-order valence-corrected chi connectivity index (χ0v) is 8.46. The highest BCUT2D eigenvalue weighted by Crippen LogP contribution is 2.18. The SMILES string of the molecule is CNCC(O)c1cc(C)ccc1C. The van der Waals surface area contributed by atoms with Gasteiger partial charge in [0.1, 0.15) is 0 Å². The third kappa shape index (κ3) is 2.54. The molecule has 2 nitrogen and oxygen atoms in total. The topological polar surface area (TPSA) is 32.3 Å². The van der Waals surface area contributed by atoms with Crippen LogP contribution in [0.15, 0.2) is 18.2 Å². The molecule has 0 aliphatic carbocycles. The van der Waals surface area contributed by atoms with Crippen LogP contribution >= 0.6 is 0 Å². The summed E-state index contributed by atoms with van der Waals surface area (Å²) in [6.07, 6.45) is -0.398. The number of aliphatic hydroxyl groups excluding tert-OH is 1. The van der Waals surface area contributed by atoms with Crippen LogP contribution in [0.1, 0.15) is 22.8 Å². The second kappa shape index (κ2) is 4.40. The predicted octanol–water partition coefficient (Wildman–Crippen LogP) is 1.56. The van der Waals surface area contributed by atoms with Gasteiger partial charge in [0, 0.05) is 6.54 Å². The smallest absolute Gasteiger partial charge is 0.0916 e. The molecule has 0 saturated carbocycles. The first-order valence-corrected chi connectivity index (χ1v) is 4.55. The molecule has 1 rings (SSSR count). The summed E-state index contributed by atoms with van der Waals surface area (Å²) in [5.41, 5.74) is 3.36. The van der Waals surface area contributed by atoms with Crippen molar-refractivity contribution in [3.05, 3.63) is 34.9 Å². The minimum atomic E-state index is -0.398. The van der Waals surface area contributed by atoms with Gasteiger partial charge in [-0.25, -0.2) is 0 Å². The quantitative estimate of drug-likeness (QED) is 0.738. The molecule has 0 heterocycles. The van der Waals surface area contributed by atoms with E-state index in [-0.39, 0.29) is 0 Å². The normalized spacial score (nSPS) is 12.9. The molecule has 0 aliphatic heterocycles. The maximum Gasteiger partial charge on any atom is 0.0916 e. The van der Waals surface area contributed by atoms with Crippen LogP contribution in [0.3, 0.4) is 0 Å². The Morgan fingerprint density at radius 1 is 1.38 bits per heavy atom. The van der Waals surface area contributed by atoms with Crippen molar-refractivity contribution >= 4 is 0 Å². The Kier molecular flexibility index (Phi) is 3.46. The van der Waals surface area contributed by atoms with Crippen molar-refractivity contribution in [2.45, 2.75) is 20.0 Å². The fourth-order valence-corrected chi connectivity index (χ4v) is 1.42. The van der Waals surface area contributed by atoms with Gasteiger partial charge in [-0.1, -0.05) is 23.8 Å². The molecule has 72 valence electrons. The molecule has 0 amide bonds. The summed E-state index contributed by atoms with van der Waals surface area (Å²) in [6.45, 7) is 4.66. The van der Waals surface area contributed by atoms with Crippen LogP contribution in [0.25, 0.3) is 0 Å². The van der Waals surface area contributed by atoms with Crippen molar-refractivity contribution in [2.75, 3.05) is 13.6 Å². The summed E-state index contributed by atoms with van der Waals surface area (Å²) in [5, 5.41) is 12.7.